The van der Waals surface area contributed by atoms with Crippen LogP contribution in [0.3, 0.4) is 0 Å². The molecule has 2 aliphatic rings. The van der Waals surface area contributed by atoms with Gasteiger partial charge in [-0.3, -0.25) is 4.90 Å². The Morgan fingerprint density at radius 2 is 1.79 bits per heavy atom. The molecule has 0 bridgehead atoms. The number of hydrogen-bond donors (Lipinski definition) is 2. The van der Waals surface area contributed by atoms with Gasteiger partial charge in [-0.25, -0.2) is 0 Å². The van der Waals surface area contributed by atoms with Crippen LogP contribution in [0.2, 0.25) is 0 Å². The van der Waals surface area contributed by atoms with Crippen molar-refractivity contribution < 1.29 is 10.2 Å². The van der Waals surface area contributed by atoms with Crippen molar-refractivity contribution in [2.75, 3.05) is 19.7 Å². The van der Waals surface area contributed by atoms with Crippen LogP contribution in [-0.4, -0.2) is 47.0 Å². The van der Waals surface area contributed by atoms with E-state index in [1.807, 2.05) is 0 Å². The molecule has 2 atom stereocenters. The molecule has 2 N–H and O–H groups in total. The molecule has 3 heteroatoms. The molecule has 3 nitrogen and oxygen atoms in total. The lowest BCUT2D eigenvalue weighted by atomic mass is 9.87. The van der Waals surface area contributed by atoms with Crippen LogP contribution in [0.25, 0.3) is 0 Å². The van der Waals surface area contributed by atoms with E-state index >= 15 is 0 Å². The molecule has 0 aromatic carbocycles. The molecule has 0 radical (unpaired) electrons. The van der Waals surface area contributed by atoms with Gasteiger partial charge < -0.3 is 10.2 Å². The molecule has 0 saturated heterocycles. The highest BCUT2D eigenvalue weighted by atomic mass is 16.3. The lowest BCUT2D eigenvalue weighted by Gasteiger charge is -2.37. The van der Waals surface area contributed by atoms with Crippen LogP contribution in [0, 0.1) is 11.3 Å². The van der Waals surface area contributed by atoms with Crippen molar-refractivity contribution in [2.24, 2.45) is 11.3 Å². The van der Waals surface area contributed by atoms with Gasteiger partial charge in [-0.2, -0.15) is 0 Å². The standard InChI is InChI=1S/C16H31NO2/c1-16(2)9-8-13(15(16)19)12-17(10-11-18)14-6-4-3-5-7-14/h13-15,18-19H,3-12H2,1-2H3. The van der Waals surface area contributed by atoms with E-state index in [4.69, 9.17) is 0 Å². The second-order valence-electron chi connectivity index (χ2n) is 7.24. The SMILES string of the molecule is CC1(C)CCC(CN(CCO)C2CCCCC2)C1O. The van der Waals surface area contributed by atoms with E-state index in [0.717, 1.165) is 25.9 Å². The number of hydrogen-bond acceptors (Lipinski definition) is 3. The average molecular weight is 269 g/mol. The lowest BCUT2D eigenvalue weighted by Crippen LogP contribution is -2.44. The molecule has 0 heterocycles. The van der Waals surface area contributed by atoms with Gasteiger partial charge in [0.15, 0.2) is 0 Å². The summed E-state index contributed by atoms with van der Waals surface area (Å²) in [6.45, 7) is 6.33. The molecule has 2 fully saturated rings. The fourth-order valence-corrected chi connectivity index (χ4v) is 3.99. The molecule has 2 unspecified atom stereocenters. The molecular weight excluding hydrogens is 238 g/mol. The molecule has 2 rings (SSSR count). The zero-order valence-electron chi connectivity index (χ0n) is 12.6. The van der Waals surface area contributed by atoms with Gasteiger partial charge in [0.2, 0.25) is 0 Å². The monoisotopic (exact) mass is 269 g/mol. The minimum atomic E-state index is -0.183. The van der Waals surface area contributed by atoms with Crippen molar-refractivity contribution in [1.82, 2.24) is 4.90 Å². The van der Waals surface area contributed by atoms with E-state index in [2.05, 4.69) is 18.7 Å². The molecular formula is C16H31NO2. The minimum absolute atomic E-state index is 0.0715. The summed E-state index contributed by atoms with van der Waals surface area (Å²) in [6, 6.07) is 0.636. The Bertz CT molecular complexity index is 274. The highest BCUT2D eigenvalue weighted by molar-refractivity contribution is 4.93. The van der Waals surface area contributed by atoms with Crippen LogP contribution in [0.15, 0.2) is 0 Å². The van der Waals surface area contributed by atoms with Crippen LogP contribution >= 0.6 is 0 Å². The van der Waals surface area contributed by atoms with E-state index in [9.17, 15) is 10.2 Å². The first-order chi connectivity index (χ1) is 9.04. The van der Waals surface area contributed by atoms with Crippen molar-refractivity contribution in [2.45, 2.75) is 70.9 Å². The Morgan fingerprint density at radius 1 is 1.11 bits per heavy atom. The van der Waals surface area contributed by atoms with Crippen LogP contribution in [0.1, 0.15) is 58.8 Å². The van der Waals surface area contributed by atoms with Gasteiger partial charge in [-0.05, 0) is 37.0 Å². The van der Waals surface area contributed by atoms with Gasteiger partial charge >= 0.3 is 0 Å². The zero-order valence-corrected chi connectivity index (χ0v) is 12.6. The Morgan fingerprint density at radius 3 is 2.32 bits per heavy atom. The first kappa shape index (κ1) is 15.3. The fourth-order valence-electron chi connectivity index (χ4n) is 3.99. The maximum atomic E-state index is 10.4. The van der Waals surface area contributed by atoms with Crippen LogP contribution in [0.4, 0.5) is 0 Å². The number of aliphatic hydroxyl groups is 2. The van der Waals surface area contributed by atoms with Gasteiger partial charge in [-0.1, -0.05) is 33.1 Å². The third-order valence-corrected chi connectivity index (χ3v) is 5.35. The maximum Gasteiger partial charge on any atom is 0.0631 e. The van der Waals surface area contributed by atoms with Crippen molar-refractivity contribution in [3.8, 4) is 0 Å². The quantitative estimate of drug-likeness (QED) is 0.805. The first-order valence-corrected chi connectivity index (χ1v) is 8.07. The minimum Gasteiger partial charge on any atom is -0.395 e. The molecule has 112 valence electrons. The van der Waals surface area contributed by atoms with Gasteiger partial charge in [0.1, 0.15) is 0 Å². The van der Waals surface area contributed by atoms with Crippen LogP contribution < -0.4 is 0 Å². The summed E-state index contributed by atoms with van der Waals surface area (Å²) in [6.07, 6.45) is 8.62. The second-order valence-corrected chi connectivity index (χ2v) is 7.24. The Balaban J connectivity index is 1.93. The Hall–Kier alpha value is -0.120. The normalized spacial score (nSPS) is 32.1. The van der Waals surface area contributed by atoms with Crippen molar-refractivity contribution >= 4 is 0 Å². The number of rotatable bonds is 5. The summed E-state index contributed by atoms with van der Waals surface area (Å²) >= 11 is 0. The van der Waals surface area contributed by atoms with Crippen molar-refractivity contribution in [3.63, 3.8) is 0 Å². The molecule has 0 aromatic heterocycles. The molecule has 0 amide bonds. The van der Waals surface area contributed by atoms with E-state index in [1.54, 1.807) is 0 Å². The predicted octanol–water partition coefficient (Wildman–Crippen LogP) is 2.41. The smallest absolute Gasteiger partial charge is 0.0631 e. The summed E-state index contributed by atoms with van der Waals surface area (Å²) in [5.74, 6) is 0.392. The average Bonchev–Trinajstić information content (AvgIpc) is 2.66. The van der Waals surface area contributed by atoms with Gasteiger partial charge in [-0.15, -0.1) is 0 Å². The largest absolute Gasteiger partial charge is 0.395 e. The molecule has 0 aromatic rings. The number of nitrogens with zero attached hydrogens (tertiary/aromatic N) is 1. The van der Waals surface area contributed by atoms with Gasteiger partial charge in [0.05, 0.1) is 12.7 Å². The van der Waals surface area contributed by atoms with E-state index in [0.29, 0.717) is 12.0 Å². The molecule has 19 heavy (non-hydrogen) atoms. The highest BCUT2D eigenvalue weighted by Gasteiger charge is 2.41. The van der Waals surface area contributed by atoms with E-state index in [-0.39, 0.29) is 18.1 Å². The summed E-state index contributed by atoms with van der Waals surface area (Å²) in [4.78, 5) is 2.45. The highest BCUT2D eigenvalue weighted by Crippen LogP contribution is 2.42. The summed E-state index contributed by atoms with van der Waals surface area (Å²) < 4.78 is 0. The lowest BCUT2D eigenvalue weighted by molar-refractivity contribution is 0.0191. The van der Waals surface area contributed by atoms with Crippen molar-refractivity contribution in [3.05, 3.63) is 0 Å². The predicted molar refractivity (Wildman–Crippen MR) is 78.0 cm³/mol. The fraction of sp³-hybridized carbons (Fsp3) is 1.00. The first-order valence-electron chi connectivity index (χ1n) is 8.07. The molecule has 2 saturated carbocycles. The van der Waals surface area contributed by atoms with Gasteiger partial charge in [0.25, 0.3) is 0 Å². The topological polar surface area (TPSA) is 43.7 Å². The van der Waals surface area contributed by atoms with E-state index in [1.165, 1.54) is 32.1 Å². The number of aliphatic hydroxyl groups excluding tert-OH is 2. The second kappa shape index (κ2) is 6.55. The molecule has 0 spiro atoms. The summed E-state index contributed by atoms with van der Waals surface area (Å²) in [5.41, 5.74) is 0.0715. The Labute approximate surface area is 118 Å². The zero-order chi connectivity index (χ0) is 13.9. The van der Waals surface area contributed by atoms with Crippen LogP contribution in [0.5, 0.6) is 0 Å². The molecule has 0 aliphatic heterocycles. The Kier molecular flexibility index (Phi) is 5.27. The van der Waals surface area contributed by atoms with Crippen molar-refractivity contribution in [1.29, 1.82) is 0 Å². The molecule has 2 aliphatic carbocycles. The summed E-state index contributed by atoms with van der Waals surface area (Å²) in [5, 5.41) is 19.7. The van der Waals surface area contributed by atoms with Gasteiger partial charge in [0, 0.05) is 19.1 Å². The third-order valence-electron chi connectivity index (χ3n) is 5.35. The maximum absolute atomic E-state index is 10.4. The third kappa shape index (κ3) is 3.71. The van der Waals surface area contributed by atoms with E-state index < -0.39 is 0 Å². The summed E-state index contributed by atoms with van der Waals surface area (Å²) in [7, 11) is 0. The van der Waals surface area contributed by atoms with Crippen LogP contribution in [-0.2, 0) is 0 Å².